The van der Waals surface area contributed by atoms with Crippen LogP contribution in [0.1, 0.15) is 44.5 Å². The molecule has 0 atom stereocenters. The molecule has 0 radical (unpaired) electrons. The lowest BCUT2D eigenvalue weighted by atomic mass is 9.67. The third kappa shape index (κ3) is 4.54. The number of para-hydroxylation sites is 1. The molecule has 2 nitrogen and oxygen atoms in total. The van der Waals surface area contributed by atoms with Crippen molar-refractivity contribution in [1.82, 2.24) is 0 Å². The molecule has 0 N–H and O–H groups in total. The summed E-state index contributed by atoms with van der Waals surface area (Å²) < 4.78 is 6.60. The van der Waals surface area contributed by atoms with Crippen LogP contribution in [-0.4, -0.2) is 0 Å². The maximum atomic E-state index is 6.60. The first kappa shape index (κ1) is 35.4. The summed E-state index contributed by atoms with van der Waals surface area (Å²) in [5.74, 6) is 0. The maximum absolute atomic E-state index is 6.60. The second-order valence-electron chi connectivity index (χ2n) is 17.5. The van der Waals surface area contributed by atoms with E-state index >= 15 is 0 Å². The molecule has 14 rings (SSSR count). The Bertz CT molecular complexity index is 3610. The minimum atomic E-state index is -0.536. The molecule has 0 bridgehead atoms. The fraction of sp³-hybridized carbons (Fsp3) is 0.0323. The van der Waals surface area contributed by atoms with Gasteiger partial charge in [-0.3, -0.25) is 0 Å². The molecular weight excluding hydrogens is 775 g/mol. The van der Waals surface area contributed by atoms with Crippen molar-refractivity contribution in [2.24, 2.45) is 0 Å². The highest BCUT2D eigenvalue weighted by Gasteiger charge is 2.52. The predicted molar refractivity (Wildman–Crippen MR) is 262 cm³/mol. The summed E-state index contributed by atoms with van der Waals surface area (Å²) in [5.41, 5.74) is 22.1. The van der Waals surface area contributed by atoms with E-state index in [4.69, 9.17) is 4.42 Å². The van der Waals surface area contributed by atoms with Crippen molar-refractivity contribution < 1.29 is 4.42 Å². The van der Waals surface area contributed by atoms with E-state index < -0.39 is 10.8 Å². The van der Waals surface area contributed by atoms with Gasteiger partial charge in [0, 0.05) is 33.9 Å². The molecule has 0 unspecified atom stereocenters. The van der Waals surface area contributed by atoms with Gasteiger partial charge in [-0.15, -0.1) is 0 Å². The first-order chi connectivity index (χ1) is 31.7. The largest absolute Gasteiger partial charge is 0.456 e. The summed E-state index contributed by atoms with van der Waals surface area (Å²) in [4.78, 5) is 2.45. The van der Waals surface area contributed by atoms with Crippen LogP contribution in [0.15, 0.2) is 241 Å². The molecule has 0 aliphatic heterocycles. The molecule has 0 saturated heterocycles. The number of furan rings is 1. The summed E-state index contributed by atoms with van der Waals surface area (Å²) in [5, 5.41) is 2.23. The van der Waals surface area contributed by atoms with Crippen LogP contribution in [0.3, 0.4) is 0 Å². The molecular formula is C62H39NO. The Kier molecular flexibility index (Phi) is 7.28. The van der Waals surface area contributed by atoms with Crippen LogP contribution in [0.4, 0.5) is 17.1 Å². The van der Waals surface area contributed by atoms with Crippen LogP contribution >= 0.6 is 0 Å². The van der Waals surface area contributed by atoms with E-state index in [-0.39, 0.29) is 0 Å². The van der Waals surface area contributed by atoms with Gasteiger partial charge < -0.3 is 9.32 Å². The van der Waals surface area contributed by atoms with Crippen LogP contribution in [0.25, 0.3) is 55.3 Å². The van der Waals surface area contributed by atoms with Gasteiger partial charge >= 0.3 is 0 Å². The Morgan fingerprint density at radius 1 is 0.266 bits per heavy atom. The zero-order valence-electron chi connectivity index (χ0n) is 34.9. The molecule has 64 heavy (non-hydrogen) atoms. The SMILES string of the molecule is c1ccc(C2(c3ccccc3)c3ccccc3-c3ccc(N(c4ccc5c(c4)-c4ccccc4C54c5ccccc5-c5ccccc54)c4ccc5c(c4)oc4ccccc45)cc32)cc1. The lowest BCUT2D eigenvalue weighted by Gasteiger charge is -2.35. The molecule has 0 fully saturated rings. The minimum absolute atomic E-state index is 0.417. The Labute approximate surface area is 372 Å². The third-order valence-electron chi connectivity index (χ3n) is 14.6. The Balaban J connectivity index is 1.04. The number of hydrogen-bond acceptors (Lipinski definition) is 2. The van der Waals surface area contributed by atoms with Crippen molar-refractivity contribution >= 4 is 39.0 Å². The molecule has 3 aliphatic rings. The van der Waals surface area contributed by atoms with Crippen molar-refractivity contribution in [3.63, 3.8) is 0 Å². The Hall–Kier alpha value is -8.20. The lowest BCUT2D eigenvalue weighted by molar-refractivity contribution is 0.669. The number of benzene rings is 10. The molecule has 0 saturated carbocycles. The van der Waals surface area contributed by atoms with Gasteiger partial charge in [0.15, 0.2) is 0 Å². The minimum Gasteiger partial charge on any atom is -0.456 e. The topological polar surface area (TPSA) is 16.4 Å². The number of fused-ring (bicyclic) bond motifs is 16. The Morgan fingerprint density at radius 3 is 1.31 bits per heavy atom. The molecule has 1 aromatic heterocycles. The molecule has 1 spiro atoms. The fourth-order valence-corrected chi connectivity index (χ4v) is 12.1. The highest BCUT2D eigenvalue weighted by molar-refractivity contribution is 6.06. The van der Waals surface area contributed by atoms with Gasteiger partial charge in [0.2, 0.25) is 0 Å². The van der Waals surface area contributed by atoms with Crippen molar-refractivity contribution in [1.29, 1.82) is 0 Å². The zero-order valence-corrected chi connectivity index (χ0v) is 34.9. The van der Waals surface area contributed by atoms with E-state index in [1.807, 2.05) is 6.07 Å². The monoisotopic (exact) mass is 813 g/mol. The second kappa shape index (κ2) is 13.2. The van der Waals surface area contributed by atoms with Crippen LogP contribution < -0.4 is 4.90 Å². The van der Waals surface area contributed by atoms with Crippen molar-refractivity contribution in [2.45, 2.75) is 10.8 Å². The first-order valence-electron chi connectivity index (χ1n) is 22.3. The molecule has 0 amide bonds. The Morgan fingerprint density at radius 2 is 0.688 bits per heavy atom. The summed E-state index contributed by atoms with van der Waals surface area (Å²) in [6.07, 6.45) is 0. The van der Waals surface area contributed by atoms with E-state index in [0.717, 1.165) is 39.0 Å². The van der Waals surface area contributed by atoms with Gasteiger partial charge in [-0.2, -0.15) is 0 Å². The van der Waals surface area contributed by atoms with Crippen molar-refractivity contribution in [2.75, 3.05) is 4.90 Å². The molecule has 2 heteroatoms. The van der Waals surface area contributed by atoms with Gasteiger partial charge in [0.1, 0.15) is 11.2 Å². The average Bonchev–Trinajstić information content (AvgIpc) is 4.07. The van der Waals surface area contributed by atoms with Gasteiger partial charge in [0.25, 0.3) is 0 Å². The number of anilines is 3. The van der Waals surface area contributed by atoms with Crippen molar-refractivity contribution in [3.05, 3.63) is 281 Å². The van der Waals surface area contributed by atoms with Gasteiger partial charge in [-0.05, 0) is 120 Å². The highest BCUT2D eigenvalue weighted by Crippen LogP contribution is 2.64. The standard InChI is InChI=1S/C62H39NO/c1-3-17-40(18-4-1)61(41-19-5-2-6-20-41)53-26-12-7-23-47(53)49-34-31-43(38-58(49)61)63(44-32-35-51-50-25-11-16-30-59(50)64-60(51)39-44)42-33-36-57-52(37-42)48-24-10-15-29-56(48)62(57)54-27-13-8-21-45(54)46-22-9-14-28-55(46)62/h1-39H. The van der Waals surface area contributed by atoms with E-state index in [2.05, 4.69) is 235 Å². The normalized spacial score (nSPS) is 14.2. The van der Waals surface area contributed by atoms with E-state index in [1.165, 1.54) is 77.9 Å². The summed E-state index contributed by atoms with van der Waals surface area (Å²) in [6, 6.07) is 87.6. The summed E-state index contributed by atoms with van der Waals surface area (Å²) in [7, 11) is 0. The third-order valence-corrected chi connectivity index (χ3v) is 14.6. The van der Waals surface area contributed by atoms with E-state index in [1.54, 1.807) is 0 Å². The maximum Gasteiger partial charge on any atom is 0.137 e. The van der Waals surface area contributed by atoms with Crippen molar-refractivity contribution in [3.8, 4) is 33.4 Å². The molecule has 10 aromatic carbocycles. The van der Waals surface area contributed by atoms with E-state index in [0.29, 0.717) is 0 Å². The summed E-state index contributed by atoms with van der Waals surface area (Å²) >= 11 is 0. The molecule has 11 aromatic rings. The van der Waals surface area contributed by atoms with E-state index in [9.17, 15) is 0 Å². The smallest absolute Gasteiger partial charge is 0.137 e. The highest BCUT2D eigenvalue weighted by atomic mass is 16.3. The number of rotatable bonds is 5. The molecule has 3 aliphatic carbocycles. The molecule has 1 heterocycles. The quantitative estimate of drug-likeness (QED) is 0.172. The fourth-order valence-electron chi connectivity index (χ4n) is 12.1. The second-order valence-corrected chi connectivity index (χ2v) is 17.5. The zero-order chi connectivity index (χ0) is 42.0. The summed E-state index contributed by atoms with van der Waals surface area (Å²) in [6.45, 7) is 0. The first-order valence-corrected chi connectivity index (χ1v) is 22.3. The van der Waals surface area contributed by atoms with Crippen LogP contribution in [-0.2, 0) is 10.8 Å². The van der Waals surface area contributed by atoms with Crippen LogP contribution in [0, 0.1) is 0 Å². The average molecular weight is 814 g/mol. The lowest BCUT2D eigenvalue weighted by Crippen LogP contribution is -2.28. The van der Waals surface area contributed by atoms with Gasteiger partial charge in [-0.25, -0.2) is 0 Å². The predicted octanol–water partition coefficient (Wildman–Crippen LogP) is 15.8. The molecule has 298 valence electrons. The number of nitrogens with zero attached hydrogens (tertiary/aromatic N) is 1. The van der Waals surface area contributed by atoms with Crippen LogP contribution in [0.5, 0.6) is 0 Å². The van der Waals surface area contributed by atoms with Gasteiger partial charge in [0.05, 0.1) is 10.8 Å². The van der Waals surface area contributed by atoms with Gasteiger partial charge in [-0.1, -0.05) is 188 Å². The number of hydrogen-bond donors (Lipinski definition) is 0. The van der Waals surface area contributed by atoms with Crippen LogP contribution in [0.2, 0.25) is 0 Å².